The molecule has 4 heteroatoms. The van der Waals surface area contributed by atoms with E-state index >= 15 is 0 Å². The third-order valence-corrected chi connectivity index (χ3v) is 10.5. The van der Waals surface area contributed by atoms with E-state index in [2.05, 4.69) is 115 Å². The van der Waals surface area contributed by atoms with E-state index in [1.807, 2.05) is 60.7 Å². The van der Waals surface area contributed by atoms with Crippen molar-refractivity contribution in [2.45, 2.75) is 0 Å². The molecule has 0 unspecified atom stereocenters. The monoisotopic (exact) mass is 675 g/mol. The number of nitrogens with zero attached hydrogens (tertiary/aromatic N) is 3. The lowest BCUT2D eigenvalue weighted by Gasteiger charge is -2.16. The summed E-state index contributed by atoms with van der Waals surface area (Å²) in [6.45, 7) is 0. The van der Waals surface area contributed by atoms with Crippen LogP contribution in [0.5, 0.6) is 0 Å². The van der Waals surface area contributed by atoms with Crippen LogP contribution in [0.2, 0.25) is 0 Å². The molecule has 0 fully saturated rings. The standard InChI is InChI=1S/C49H29N3O/c1-2-13-31(14-3-1)47-50-48(52-49(51-47)41-23-12-22-40-37-19-10-11-24-44(37)53-46(40)41)32-27-25-30(26-28-32)42-29-43-35-17-5-4-15-33(35)34-16-6-8-20-38(34)45(43)39-21-9-7-18-36(39)42/h1-29H. The molecular formula is C49H29N3O. The zero-order chi connectivity index (χ0) is 34.9. The minimum atomic E-state index is 0.571. The van der Waals surface area contributed by atoms with Crippen LogP contribution in [0.25, 0.3) is 110 Å². The molecule has 0 radical (unpaired) electrons. The van der Waals surface area contributed by atoms with E-state index in [1.54, 1.807) is 0 Å². The molecule has 0 saturated carbocycles. The second kappa shape index (κ2) is 11.7. The summed E-state index contributed by atoms with van der Waals surface area (Å²) in [4.78, 5) is 15.1. The Bertz CT molecular complexity index is 3220. The molecule has 53 heavy (non-hydrogen) atoms. The first-order valence-electron chi connectivity index (χ1n) is 17.9. The number of fused-ring (bicyclic) bond motifs is 11. The Morgan fingerprint density at radius 3 is 1.51 bits per heavy atom. The number of aromatic nitrogens is 3. The van der Waals surface area contributed by atoms with Crippen molar-refractivity contribution in [2.24, 2.45) is 0 Å². The molecule has 0 saturated heterocycles. The Kier molecular flexibility index (Phi) is 6.52. The highest BCUT2D eigenvalue weighted by Crippen LogP contribution is 2.43. The van der Waals surface area contributed by atoms with Crippen LogP contribution in [0.4, 0.5) is 0 Å². The van der Waals surface area contributed by atoms with Gasteiger partial charge in [0.15, 0.2) is 17.5 Å². The van der Waals surface area contributed by atoms with Crippen molar-refractivity contribution < 1.29 is 4.42 Å². The van der Waals surface area contributed by atoms with E-state index in [4.69, 9.17) is 19.4 Å². The molecular weight excluding hydrogens is 647 g/mol. The third kappa shape index (κ3) is 4.66. The molecule has 0 aliphatic carbocycles. The molecule has 246 valence electrons. The first-order valence-corrected chi connectivity index (χ1v) is 17.9. The summed E-state index contributed by atoms with van der Waals surface area (Å²) in [7, 11) is 0. The molecule has 11 aromatic rings. The maximum Gasteiger partial charge on any atom is 0.167 e. The van der Waals surface area contributed by atoms with Crippen LogP contribution in [0.1, 0.15) is 0 Å². The van der Waals surface area contributed by atoms with Gasteiger partial charge in [-0.3, -0.25) is 0 Å². The lowest BCUT2D eigenvalue weighted by Crippen LogP contribution is -2.00. The number of furan rings is 1. The van der Waals surface area contributed by atoms with Crippen molar-refractivity contribution in [3.63, 3.8) is 0 Å². The molecule has 0 atom stereocenters. The Hall–Kier alpha value is -7.17. The van der Waals surface area contributed by atoms with E-state index < -0.39 is 0 Å². The average molecular weight is 676 g/mol. The van der Waals surface area contributed by atoms with E-state index in [9.17, 15) is 0 Å². The van der Waals surface area contributed by atoms with E-state index in [0.717, 1.165) is 44.2 Å². The Morgan fingerprint density at radius 2 is 0.792 bits per heavy atom. The molecule has 0 amide bonds. The molecule has 4 nitrogen and oxygen atoms in total. The van der Waals surface area contributed by atoms with E-state index in [-0.39, 0.29) is 0 Å². The number of hydrogen-bond donors (Lipinski definition) is 0. The van der Waals surface area contributed by atoms with Crippen LogP contribution in [-0.2, 0) is 0 Å². The highest BCUT2D eigenvalue weighted by atomic mass is 16.3. The van der Waals surface area contributed by atoms with E-state index in [1.165, 1.54) is 48.7 Å². The first kappa shape index (κ1) is 29.5. The van der Waals surface area contributed by atoms with Crippen LogP contribution in [0.3, 0.4) is 0 Å². The van der Waals surface area contributed by atoms with Gasteiger partial charge in [-0.15, -0.1) is 0 Å². The second-order valence-corrected chi connectivity index (χ2v) is 13.5. The molecule has 0 aliphatic heterocycles. The number of hydrogen-bond acceptors (Lipinski definition) is 4. The molecule has 0 N–H and O–H groups in total. The van der Waals surface area contributed by atoms with Crippen molar-refractivity contribution >= 4 is 65.0 Å². The maximum absolute atomic E-state index is 6.41. The van der Waals surface area contributed by atoms with Gasteiger partial charge in [0, 0.05) is 21.9 Å². The quantitative estimate of drug-likeness (QED) is 0.174. The lowest BCUT2D eigenvalue weighted by molar-refractivity contribution is 0.669. The Morgan fingerprint density at radius 1 is 0.302 bits per heavy atom. The summed E-state index contributed by atoms with van der Waals surface area (Å²) < 4.78 is 6.41. The van der Waals surface area contributed by atoms with Gasteiger partial charge in [0.1, 0.15) is 11.2 Å². The summed E-state index contributed by atoms with van der Waals surface area (Å²) in [5.74, 6) is 1.79. The van der Waals surface area contributed by atoms with Gasteiger partial charge >= 0.3 is 0 Å². The van der Waals surface area contributed by atoms with E-state index in [0.29, 0.717) is 17.5 Å². The summed E-state index contributed by atoms with van der Waals surface area (Å²) >= 11 is 0. The fourth-order valence-electron chi connectivity index (χ4n) is 8.07. The largest absolute Gasteiger partial charge is 0.455 e. The summed E-state index contributed by atoms with van der Waals surface area (Å²) in [6.07, 6.45) is 0. The molecule has 0 bridgehead atoms. The van der Waals surface area contributed by atoms with Crippen molar-refractivity contribution in [1.82, 2.24) is 15.0 Å². The predicted octanol–water partition coefficient (Wildman–Crippen LogP) is 13.1. The van der Waals surface area contributed by atoms with Crippen LogP contribution >= 0.6 is 0 Å². The van der Waals surface area contributed by atoms with Crippen molar-refractivity contribution in [2.75, 3.05) is 0 Å². The fourth-order valence-corrected chi connectivity index (χ4v) is 8.07. The van der Waals surface area contributed by atoms with Gasteiger partial charge in [-0.25, -0.2) is 15.0 Å². The zero-order valence-corrected chi connectivity index (χ0v) is 28.5. The number of para-hydroxylation sites is 2. The molecule has 0 spiro atoms. The second-order valence-electron chi connectivity index (χ2n) is 13.5. The molecule has 2 heterocycles. The average Bonchev–Trinajstić information content (AvgIpc) is 3.63. The first-order chi connectivity index (χ1) is 26.3. The Labute approximate surface area is 304 Å². The normalized spacial score (nSPS) is 11.8. The molecule has 0 aliphatic rings. The number of benzene rings is 9. The van der Waals surface area contributed by atoms with Crippen molar-refractivity contribution in [3.8, 4) is 45.3 Å². The summed E-state index contributed by atoms with van der Waals surface area (Å²) in [5.41, 5.74) is 6.60. The van der Waals surface area contributed by atoms with Gasteiger partial charge in [0.25, 0.3) is 0 Å². The smallest absolute Gasteiger partial charge is 0.167 e. The molecule has 11 rings (SSSR count). The lowest BCUT2D eigenvalue weighted by atomic mass is 9.87. The minimum Gasteiger partial charge on any atom is -0.455 e. The van der Waals surface area contributed by atoms with Crippen LogP contribution in [0.15, 0.2) is 180 Å². The maximum atomic E-state index is 6.41. The highest BCUT2D eigenvalue weighted by molar-refractivity contribution is 6.33. The van der Waals surface area contributed by atoms with Crippen LogP contribution in [0, 0.1) is 0 Å². The van der Waals surface area contributed by atoms with Gasteiger partial charge < -0.3 is 4.42 Å². The van der Waals surface area contributed by atoms with Gasteiger partial charge in [-0.2, -0.15) is 0 Å². The van der Waals surface area contributed by atoms with Gasteiger partial charge in [-0.1, -0.05) is 158 Å². The summed E-state index contributed by atoms with van der Waals surface area (Å²) in [5, 5.41) is 12.2. The van der Waals surface area contributed by atoms with Crippen molar-refractivity contribution in [3.05, 3.63) is 176 Å². The van der Waals surface area contributed by atoms with Gasteiger partial charge in [0.2, 0.25) is 0 Å². The summed E-state index contributed by atoms with van der Waals surface area (Å²) in [6, 6.07) is 61.7. The van der Waals surface area contributed by atoms with Crippen molar-refractivity contribution in [1.29, 1.82) is 0 Å². The number of rotatable bonds is 4. The third-order valence-electron chi connectivity index (χ3n) is 10.5. The SMILES string of the molecule is c1ccc(-c2nc(-c3ccc(-c4cc5c6ccccc6c6ccccc6c5c5ccccc45)cc3)nc(-c3cccc4c3oc3ccccc34)n2)cc1. The fraction of sp³-hybridized carbons (Fsp3) is 0. The van der Waals surface area contributed by atoms with Crippen LogP contribution in [-0.4, -0.2) is 15.0 Å². The topological polar surface area (TPSA) is 51.8 Å². The zero-order valence-electron chi connectivity index (χ0n) is 28.5. The van der Waals surface area contributed by atoms with Crippen LogP contribution < -0.4 is 0 Å². The molecule has 9 aromatic carbocycles. The Balaban J connectivity index is 1.10. The van der Waals surface area contributed by atoms with Gasteiger partial charge in [0.05, 0.1) is 5.56 Å². The molecule has 2 aromatic heterocycles. The minimum absolute atomic E-state index is 0.571. The van der Waals surface area contributed by atoms with Gasteiger partial charge in [-0.05, 0) is 72.4 Å². The predicted molar refractivity (Wildman–Crippen MR) is 219 cm³/mol. The highest BCUT2D eigenvalue weighted by Gasteiger charge is 2.19.